The van der Waals surface area contributed by atoms with Crippen molar-refractivity contribution in [2.75, 3.05) is 6.61 Å². The van der Waals surface area contributed by atoms with Crippen LogP contribution in [-0.2, 0) is 0 Å². The molecule has 0 spiro atoms. The number of rotatable bonds is 3. The Morgan fingerprint density at radius 1 is 1.70 bits per heavy atom. The Bertz CT molecular complexity index is 172. The van der Waals surface area contributed by atoms with Crippen LogP contribution in [0.1, 0.15) is 0 Å². The van der Waals surface area contributed by atoms with Gasteiger partial charge >= 0.3 is 0 Å². The normalized spacial score (nSPS) is 13.4. The molecule has 0 saturated heterocycles. The topological polar surface area (TPSA) is 46.2 Å². The Balaban J connectivity index is 4.35. The molecule has 0 aliphatic heterocycles. The van der Waals surface area contributed by atoms with Gasteiger partial charge in [0.2, 0.25) is 0 Å². The van der Waals surface area contributed by atoms with Crippen LogP contribution in [0.5, 0.6) is 0 Å². The highest BCUT2D eigenvalue weighted by atomic mass is 35.5. The molecule has 0 radical (unpaired) electrons. The van der Waals surface area contributed by atoms with Crippen LogP contribution in [0.15, 0.2) is 35.5 Å². The molecule has 0 aromatic carbocycles. The fourth-order valence-corrected chi connectivity index (χ4v) is 0.580. The van der Waals surface area contributed by atoms with E-state index in [-0.39, 0.29) is 6.61 Å². The molecular formula is C7H10ClNO. The largest absolute Gasteiger partial charge is 0.403 e. The average Bonchev–Trinajstić information content (AvgIpc) is 1.99. The Labute approximate surface area is 65.3 Å². The van der Waals surface area contributed by atoms with E-state index in [1.54, 1.807) is 6.08 Å². The molecule has 0 fully saturated rings. The van der Waals surface area contributed by atoms with Gasteiger partial charge in [-0.25, -0.2) is 0 Å². The van der Waals surface area contributed by atoms with E-state index in [1.807, 2.05) is 0 Å². The molecule has 10 heavy (non-hydrogen) atoms. The third kappa shape index (κ3) is 2.71. The Morgan fingerprint density at radius 2 is 2.30 bits per heavy atom. The number of hydrogen-bond donors (Lipinski definition) is 2. The molecule has 0 amide bonds. The molecule has 0 saturated carbocycles. The van der Waals surface area contributed by atoms with E-state index in [9.17, 15) is 0 Å². The van der Waals surface area contributed by atoms with Crippen molar-refractivity contribution in [3.63, 3.8) is 0 Å². The predicted molar refractivity (Wildman–Crippen MR) is 43.5 cm³/mol. The maximum Gasteiger partial charge on any atom is 0.0696 e. The van der Waals surface area contributed by atoms with Crippen molar-refractivity contribution < 1.29 is 5.11 Å². The van der Waals surface area contributed by atoms with E-state index in [1.165, 1.54) is 12.3 Å². The third-order valence-corrected chi connectivity index (χ3v) is 1.31. The van der Waals surface area contributed by atoms with Gasteiger partial charge in [-0.2, -0.15) is 0 Å². The summed E-state index contributed by atoms with van der Waals surface area (Å²) in [5, 5.41) is 9.01. The summed E-state index contributed by atoms with van der Waals surface area (Å²) in [6.45, 7) is 3.32. The lowest BCUT2D eigenvalue weighted by Gasteiger charge is -1.97. The van der Waals surface area contributed by atoms with Gasteiger partial charge in [0, 0.05) is 6.20 Å². The van der Waals surface area contributed by atoms with Crippen LogP contribution in [0.25, 0.3) is 0 Å². The number of aliphatic hydroxyl groups excluding tert-OH is 1. The molecule has 3 heteroatoms. The highest BCUT2D eigenvalue weighted by Gasteiger charge is 1.96. The maximum atomic E-state index is 8.66. The summed E-state index contributed by atoms with van der Waals surface area (Å²) in [7, 11) is 0. The zero-order chi connectivity index (χ0) is 7.98. The quantitative estimate of drug-likeness (QED) is 0.607. The van der Waals surface area contributed by atoms with E-state index in [0.29, 0.717) is 10.6 Å². The molecule has 0 aromatic heterocycles. The first-order valence-electron chi connectivity index (χ1n) is 2.76. The predicted octanol–water partition coefficient (Wildman–Crippen LogP) is 1.13. The first kappa shape index (κ1) is 9.27. The molecule has 0 bridgehead atoms. The fourth-order valence-electron chi connectivity index (χ4n) is 0.457. The van der Waals surface area contributed by atoms with Crippen LogP contribution in [0.3, 0.4) is 0 Å². The first-order chi connectivity index (χ1) is 4.76. The zero-order valence-corrected chi connectivity index (χ0v) is 6.30. The number of aliphatic hydroxyl groups is 1. The van der Waals surface area contributed by atoms with Crippen molar-refractivity contribution in [1.82, 2.24) is 0 Å². The van der Waals surface area contributed by atoms with Crippen molar-refractivity contribution in [3.05, 3.63) is 35.5 Å². The summed E-state index contributed by atoms with van der Waals surface area (Å²) in [6, 6.07) is 0. The monoisotopic (exact) mass is 159 g/mol. The smallest absolute Gasteiger partial charge is 0.0696 e. The maximum absolute atomic E-state index is 8.66. The van der Waals surface area contributed by atoms with Gasteiger partial charge in [0.15, 0.2) is 0 Å². The number of hydrogen-bond acceptors (Lipinski definition) is 2. The lowest BCUT2D eigenvalue weighted by molar-refractivity contribution is 0.334. The summed E-state index contributed by atoms with van der Waals surface area (Å²) < 4.78 is 0. The summed E-state index contributed by atoms with van der Waals surface area (Å²) in [6.07, 6.45) is 4.37. The van der Waals surface area contributed by atoms with Gasteiger partial charge < -0.3 is 10.8 Å². The first-order valence-corrected chi connectivity index (χ1v) is 3.14. The van der Waals surface area contributed by atoms with Crippen LogP contribution in [0, 0.1) is 0 Å². The Morgan fingerprint density at radius 3 is 2.60 bits per heavy atom. The van der Waals surface area contributed by atoms with Crippen LogP contribution >= 0.6 is 11.6 Å². The summed E-state index contributed by atoms with van der Waals surface area (Å²) in [5.74, 6) is 0. The number of halogens is 1. The minimum atomic E-state index is -0.126. The standard InChI is InChI=1S/C7H10ClNO/c1-2-3-6(5-10)7(8)4-9/h2-4,10H,1,5,9H2/b6-3-,7-4+. The minimum Gasteiger partial charge on any atom is -0.403 e. The third-order valence-electron chi connectivity index (χ3n) is 0.942. The highest BCUT2D eigenvalue weighted by Crippen LogP contribution is 2.11. The van der Waals surface area contributed by atoms with E-state index in [2.05, 4.69) is 6.58 Å². The number of nitrogens with two attached hydrogens (primary N) is 1. The van der Waals surface area contributed by atoms with Gasteiger partial charge in [-0.1, -0.05) is 30.3 Å². The molecule has 0 aliphatic rings. The molecule has 0 aliphatic carbocycles. The van der Waals surface area contributed by atoms with E-state index in [4.69, 9.17) is 22.4 Å². The average molecular weight is 160 g/mol. The van der Waals surface area contributed by atoms with E-state index in [0.717, 1.165) is 0 Å². The van der Waals surface area contributed by atoms with Crippen LogP contribution in [0.4, 0.5) is 0 Å². The van der Waals surface area contributed by atoms with Gasteiger partial charge in [0.1, 0.15) is 0 Å². The molecule has 3 N–H and O–H groups in total. The second-order valence-corrected chi connectivity index (χ2v) is 2.01. The second kappa shape index (κ2) is 5.09. The Hall–Kier alpha value is -0.730. The van der Waals surface area contributed by atoms with E-state index < -0.39 is 0 Å². The van der Waals surface area contributed by atoms with Gasteiger partial charge in [-0.15, -0.1) is 0 Å². The SMILES string of the molecule is C=C/C=C(CO)\C(Cl)=C/N. The van der Waals surface area contributed by atoms with Crippen molar-refractivity contribution in [1.29, 1.82) is 0 Å². The van der Waals surface area contributed by atoms with Crippen LogP contribution < -0.4 is 5.73 Å². The highest BCUT2D eigenvalue weighted by molar-refractivity contribution is 6.31. The number of allylic oxidation sites excluding steroid dienone is 2. The van der Waals surface area contributed by atoms with Gasteiger partial charge in [0.25, 0.3) is 0 Å². The van der Waals surface area contributed by atoms with Gasteiger partial charge in [-0.05, 0) is 5.57 Å². The Kier molecular flexibility index (Phi) is 4.72. The zero-order valence-electron chi connectivity index (χ0n) is 5.55. The lowest BCUT2D eigenvalue weighted by atomic mass is 10.2. The minimum absolute atomic E-state index is 0.126. The molecule has 56 valence electrons. The molecule has 0 unspecified atom stereocenters. The summed E-state index contributed by atoms with van der Waals surface area (Å²) in [5.41, 5.74) is 5.67. The van der Waals surface area contributed by atoms with Gasteiger partial charge in [0.05, 0.1) is 11.6 Å². The molecular weight excluding hydrogens is 150 g/mol. The van der Waals surface area contributed by atoms with Crippen molar-refractivity contribution in [2.45, 2.75) is 0 Å². The molecule has 0 heterocycles. The second-order valence-electron chi connectivity index (χ2n) is 1.60. The van der Waals surface area contributed by atoms with Crippen molar-refractivity contribution in [3.8, 4) is 0 Å². The molecule has 0 atom stereocenters. The summed E-state index contributed by atoms with van der Waals surface area (Å²) in [4.78, 5) is 0. The molecule has 2 nitrogen and oxygen atoms in total. The fraction of sp³-hybridized carbons (Fsp3) is 0.143. The van der Waals surface area contributed by atoms with Crippen LogP contribution in [0.2, 0.25) is 0 Å². The summed E-state index contributed by atoms with van der Waals surface area (Å²) >= 11 is 5.57. The van der Waals surface area contributed by atoms with E-state index >= 15 is 0 Å². The van der Waals surface area contributed by atoms with Crippen molar-refractivity contribution in [2.24, 2.45) is 5.73 Å². The van der Waals surface area contributed by atoms with Crippen LogP contribution in [-0.4, -0.2) is 11.7 Å². The lowest BCUT2D eigenvalue weighted by Crippen LogP contribution is -1.92. The molecule has 0 aromatic rings. The molecule has 0 rings (SSSR count). The van der Waals surface area contributed by atoms with Crippen molar-refractivity contribution >= 4 is 11.6 Å². The van der Waals surface area contributed by atoms with Gasteiger partial charge in [-0.3, -0.25) is 0 Å².